The summed E-state index contributed by atoms with van der Waals surface area (Å²) in [5.74, 6) is 0. The molecule has 0 bridgehead atoms. The van der Waals surface area contributed by atoms with Crippen LogP contribution in [0.4, 0.5) is 0 Å². The van der Waals surface area contributed by atoms with Crippen molar-refractivity contribution in [3.8, 4) is 0 Å². The molecule has 2 aliphatic rings. The van der Waals surface area contributed by atoms with Gasteiger partial charge >= 0.3 is 0 Å². The van der Waals surface area contributed by atoms with Gasteiger partial charge in [0.1, 0.15) is 0 Å². The first-order valence-electron chi connectivity index (χ1n) is 4.87. The average molecular weight is 154 g/mol. The molecule has 2 fully saturated rings. The summed E-state index contributed by atoms with van der Waals surface area (Å²) >= 11 is 0. The molecular formula is C10H18O. The van der Waals surface area contributed by atoms with Gasteiger partial charge in [0.2, 0.25) is 0 Å². The molecule has 0 N–H and O–H groups in total. The van der Waals surface area contributed by atoms with Crippen molar-refractivity contribution in [2.24, 2.45) is 5.41 Å². The van der Waals surface area contributed by atoms with Crippen LogP contribution in [0.25, 0.3) is 0 Å². The van der Waals surface area contributed by atoms with Crippen molar-refractivity contribution < 1.29 is 4.74 Å². The summed E-state index contributed by atoms with van der Waals surface area (Å²) in [7, 11) is 1.85. The molecule has 2 rings (SSSR count). The van der Waals surface area contributed by atoms with E-state index in [2.05, 4.69) is 0 Å². The first kappa shape index (κ1) is 7.60. The lowest BCUT2D eigenvalue weighted by Crippen LogP contribution is -2.35. The number of hydrogen-bond acceptors (Lipinski definition) is 1. The maximum Gasteiger partial charge on any atom is 0.0571 e. The fourth-order valence-electron chi connectivity index (χ4n) is 2.62. The second-order valence-corrected chi connectivity index (χ2v) is 4.29. The second kappa shape index (κ2) is 2.78. The van der Waals surface area contributed by atoms with E-state index in [1.54, 1.807) is 0 Å². The summed E-state index contributed by atoms with van der Waals surface area (Å²) in [6.07, 6.45) is 10.6. The van der Waals surface area contributed by atoms with E-state index in [0.717, 1.165) is 5.41 Å². The summed E-state index contributed by atoms with van der Waals surface area (Å²) in [6, 6.07) is 0. The third kappa shape index (κ3) is 1.31. The van der Waals surface area contributed by atoms with Gasteiger partial charge in [0.25, 0.3) is 0 Å². The van der Waals surface area contributed by atoms with Crippen LogP contribution in [0.3, 0.4) is 0 Å². The molecule has 0 unspecified atom stereocenters. The number of ether oxygens (including phenoxy) is 1. The lowest BCUT2D eigenvalue weighted by molar-refractivity contribution is -0.00806. The van der Waals surface area contributed by atoms with Gasteiger partial charge in [-0.25, -0.2) is 0 Å². The Labute approximate surface area is 69.1 Å². The molecule has 0 saturated heterocycles. The van der Waals surface area contributed by atoms with Gasteiger partial charge in [-0.15, -0.1) is 0 Å². The molecule has 1 spiro atoms. The molecule has 11 heavy (non-hydrogen) atoms. The van der Waals surface area contributed by atoms with Gasteiger partial charge in [-0.2, -0.15) is 0 Å². The van der Waals surface area contributed by atoms with Crippen molar-refractivity contribution in [2.45, 2.75) is 51.0 Å². The first-order valence-corrected chi connectivity index (χ1v) is 4.87. The molecule has 0 aliphatic heterocycles. The zero-order valence-electron chi connectivity index (χ0n) is 7.44. The van der Waals surface area contributed by atoms with Crippen molar-refractivity contribution >= 4 is 0 Å². The molecule has 0 aromatic carbocycles. The minimum Gasteiger partial charge on any atom is -0.381 e. The lowest BCUT2D eigenvalue weighted by Gasteiger charge is -2.46. The van der Waals surface area contributed by atoms with E-state index in [1.807, 2.05) is 7.11 Å². The quantitative estimate of drug-likeness (QED) is 0.564. The van der Waals surface area contributed by atoms with Gasteiger partial charge in [0, 0.05) is 7.11 Å². The predicted octanol–water partition coefficient (Wildman–Crippen LogP) is 2.75. The van der Waals surface area contributed by atoms with Gasteiger partial charge in [0.15, 0.2) is 0 Å². The van der Waals surface area contributed by atoms with E-state index in [-0.39, 0.29) is 0 Å². The number of hydrogen-bond donors (Lipinski definition) is 0. The van der Waals surface area contributed by atoms with E-state index in [9.17, 15) is 0 Å². The molecule has 0 atom stereocenters. The SMILES string of the molecule is COC1CCC2(CCC2)CC1. The topological polar surface area (TPSA) is 9.23 Å². The third-order valence-electron chi connectivity index (χ3n) is 3.74. The lowest BCUT2D eigenvalue weighted by atomic mass is 9.60. The summed E-state index contributed by atoms with van der Waals surface area (Å²) < 4.78 is 5.35. The molecule has 2 saturated carbocycles. The predicted molar refractivity (Wildman–Crippen MR) is 45.5 cm³/mol. The van der Waals surface area contributed by atoms with Gasteiger partial charge in [-0.05, 0) is 43.9 Å². The van der Waals surface area contributed by atoms with Gasteiger partial charge in [-0.1, -0.05) is 6.42 Å². The average Bonchev–Trinajstić information content (AvgIpc) is 2.02. The van der Waals surface area contributed by atoms with Crippen molar-refractivity contribution in [3.05, 3.63) is 0 Å². The standard InChI is InChI=1S/C10H18O/c1-11-9-3-7-10(8-4-9)5-2-6-10/h9H,2-8H2,1H3. The second-order valence-electron chi connectivity index (χ2n) is 4.29. The van der Waals surface area contributed by atoms with E-state index in [0.29, 0.717) is 6.10 Å². The van der Waals surface area contributed by atoms with Crippen LogP contribution in [-0.2, 0) is 4.74 Å². The fourth-order valence-corrected chi connectivity index (χ4v) is 2.62. The van der Waals surface area contributed by atoms with Gasteiger partial charge in [-0.3, -0.25) is 0 Å². The minimum atomic E-state index is 0.584. The van der Waals surface area contributed by atoms with Crippen LogP contribution in [0.2, 0.25) is 0 Å². The summed E-state index contributed by atoms with van der Waals surface area (Å²) in [5.41, 5.74) is 0.801. The van der Waals surface area contributed by atoms with Crippen molar-refractivity contribution in [2.75, 3.05) is 7.11 Å². The molecule has 2 aliphatic carbocycles. The van der Waals surface area contributed by atoms with E-state index in [1.165, 1.54) is 44.9 Å². The van der Waals surface area contributed by atoms with Crippen LogP contribution in [0.15, 0.2) is 0 Å². The molecule has 1 heteroatoms. The highest BCUT2D eigenvalue weighted by Gasteiger charge is 2.39. The number of rotatable bonds is 1. The van der Waals surface area contributed by atoms with Crippen molar-refractivity contribution in [1.29, 1.82) is 0 Å². The highest BCUT2D eigenvalue weighted by Crippen LogP contribution is 2.51. The van der Waals surface area contributed by atoms with Crippen molar-refractivity contribution in [1.82, 2.24) is 0 Å². The Morgan fingerprint density at radius 3 is 2.09 bits per heavy atom. The minimum absolute atomic E-state index is 0.584. The van der Waals surface area contributed by atoms with E-state index < -0.39 is 0 Å². The van der Waals surface area contributed by atoms with Crippen molar-refractivity contribution in [3.63, 3.8) is 0 Å². The summed E-state index contributed by atoms with van der Waals surface area (Å²) in [5, 5.41) is 0. The molecule has 1 nitrogen and oxygen atoms in total. The van der Waals surface area contributed by atoms with Crippen LogP contribution in [0, 0.1) is 5.41 Å². The Hall–Kier alpha value is -0.0400. The molecule has 0 aromatic rings. The molecule has 0 amide bonds. The highest BCUT2D eigenvalue weighted by molar-refractivity contribution is 4.91. The molecule has 0 heterocycles. The fraction of sp³-hybridized carbons (Fsp3) is 1.00. The van der Waals surface area contributed by atoms with E-state index in [4.69, 9.17) is 4.74 Å². The smallest absolute Gasteiger partial charge is 0.0571 e. The van der Waals surface area contributed by atoms with Gasteiger partial charge < -0.3 is 4.74 Å². The molecule has 0 aromatic heterocycles. The Kier molecular flexibility index (Phi) is 1.92. The Morgan fingerprint density at radius 2 is 1.73 bits per heavy atom. The Balaban J connectivity index is 1.84. The largest absolute Gasteiger partial charge is 0.381 e. The monoisotopic (exact) mass is 154 g/mol. The summed E-state index contributed by atoms with van der Waals surface area (Å²) in [4.78, 5) is 0. The van der Waals surface area contributed by atoms with Crippen LogP contribution >= 0.6 is 0 Å². The zero-order valence-corrected chi connectivity index (χ0v) is 7.44. The third-order valence-corrected chi connectivity index (χ3v) is 3.74. The molecular weight excluding hydrogens is 136 g/mol. The first-order chi connectivity index (χ1) is 5.35. The van der Waals surface area contributed by atoms with Gasteiger partial charge in [0.05, 0.1) is 6.10 Å². The maximum atomic E-state index is 5.35. The summed E-state index contributed by atoms with van der Waals surface area (Å²) in [6.45, 7) is 0. The highest BCUT2D eigenvalue weighted by atomic mass is 16.5. The normalized spacial score (nSPS) is 30.3. The number of methoxy groups -OCH3 is 1. The Morgan fingerprint density at radius 1 is 1.09 bits per heavy atom. The Bertz CT molecular complexity index is 128. The zero-order chi connectivity index (χ0) is 7.73. The van der Waals surface area contributed by atoms with Crippen LogP contribution in [-0.4, -0.2) is 13.2 Å². The molecule has 64 valence electrons. The van der Waals surface area contributed by atoms with Crippen LogP contribution in [0.1, 0.15) is 44.9 Å². The van der Waals surface area contributed by atoms with E-state index >= 15 is 0 Å². The maximum absolute atomic E-state index is 5.35. The van der Waals surface area contributed by atoms with Crippen LogP contribution in [0.5, 0.6) is 0 Å². The van der Waals surface area contributed by atoms with Crippen LogP contribution < -0.4 is 0 Å². The molecule has 0 radical (unpaired) electrons.